The van der Waals surface area contributed by atoms with Crippen LogP contribution in [-0.4, -0.2) is 45.9 Å². The third-order valence-electron chi connectivity index (χ3n) is 4.86. The predicted molar refractivity (Wildman–Crippen MR) is 110 cm³/mol. The van der Waals surface area contributed by atoms with Gasteiger partial charge >= 0.3 is 0 Å². The van der Waals surface area contributed by atoms with E-state index in [2.05, 4.69) is 5.10 Å². The predicted octanol–water partition coefficient (Wildman–Crippen LogP) is 4.58. The molecule has 0 N–H and O–H groups in total. The number of aromatic nitrogens is 2. The molecule has 29 heavy (non-hydrogen) atoms. The van der Waals surface area contributed by atoms with Crippen LogP contribution >= 0.6 is 11.6 Å². The summed E-state index contributed by atoms with van der Waals surface area (Å²) in [7, 11) is 0. The van der Waals surface area contributed by atoms with Crippen molar-refractivity contribution in [1.29, 1.82) is 0 Å². The summed E-state index contributed by atoms with van der Waals surface area (Å²) in [6.45, 7) is 4.90. The minimum atomic E-state index is -0.327. The highest BCUT2D eigenvalue weighted by Crippen LogP contribution is 2.27. The Morgan fingerprint density at radius 3 is 2.41 bits per heavy atom. The standard InChI is InChI=1S/C22H21ClFN3O2/c1-14-12-26(13-15(2)29-14)22(28)21-11-19(16-7-9-17(24)10-8-16)25-27(21)20-6-4-3-5-18(20)23/h3-11,14-15H,12-13H2,1-2H3. The molecule has 2 atom stereocenters. The number of nitrogens with zero attached hydrogens (tertiary/aromatic N) is 3. The lowest BCUT2D eigenvalue weighted by molar-refractivity contribution is -0.0588. The highest BCUT2D eigenvalue weighted by atomic mass is 35.5. The van der Waals surface area contributed by atoms with Crippen molar-refractivity contribution in [3.8, 4) is 16.9 Å². The van der Waals surface area contributed by atoms with E-state index in [1.807, 2.05) is 32.0 Å². The molecule has 2 aromatic carbocycles. The van der Waals surface area contributed by atoms with Crippen LogP contribution in [0.3, 0.4) is 0 Å². The van der Waals surface area contributed by atoms with Gasteiger partial charge in [-0.25, -0.2) is 9.07 Å². The van der Waals surface area contributed by atoms with E-state index in [0.717, 1.165) is 5.56 Å². The molecule has 150 valence electrons. The molecule has 1 aromatic heterocycles. The van der Waals surface area contributed by atoms with Crippen LogP contribution in [0.4, 0.5) is 4.39 Å². The Labute approximate surface area is 173 Å². The molecule has 0 bridgehead atoms. The number of amides is 1. The van der Waals surface area contributed by atoms with E-state index in [1.54, 1.807) is 33.8 Å². The van der Waals surface area contributed by atoms with Gasteiger partial charge in [0, 0.05) is 18.7 Å². The van der Waals surface area contributed by atoms with Crippen LogP contribution in [0.2, 0.25) is 5.02 Å². The van der Waals surface area contributed by atoms with Gasteiger partial charge in [0.15, 0.2) is 0 Å². The smallest absolute Gasteiger partial charge is 0.272 e. The van der Waals surface area contributed by atoms with Crippen molar-refractivity contribution in [1.82, 2.24) is 14.7 Å². The normalized spacial score (nSPS) is 19.4. The van der Waals surface area contributed by atoms with Crippen LogP contribution in [0, 0.1) is 5.82 Å². The minimum Gasteiger partial charge on any atom is -0.372 e. The van der Waals surface area contributed by atoms with Gasteiger partial charge in [-0.1, -0.05) is 23.7 Å². The molecule has 1 aliphatic heterocycles. The molecule has 4 rings (SSSR count). The van der Waals surface area contributed by atoms with Crippen LogP contribution in [-0.2, 0) is 4.74 Å². The first-order chi connectivity index (χ1) is 13.9. The van der Waals surface area contributed by atoms with E-state index in [-0.39, 0.29) is 23.9 Å². The summed E-state index contributed by atoms with van der Waals surface area (Å²) >= 11 is 6.39. The summed E-state index contributed by atoms with van der Waals surface area (Å²) in [5.74, 6) is -0.473. The number of halogens is 2. The summed E-state index contributed by atoms with van der Waals surface area (Å²) in [5.41, 5.74) is 2.30. The zero-order valence-electron chi connectivity index (χ0n) is 16.2. The minimum absolute atomic E-state index is 0.0454. The van der Waals surface area contributed by atoms with E-state index in [0.29, 0.717) is 35.2 Å². The molecule has 1 aliphatic rings. The monoisotopic (exact) mass is 413 g/mol. The molecule has 0 spiro atoms. The average Bonchev–Trinajstić information content (AvgIpc) is 3.12. The molecule has 0 radical (unpaired) electrons. The van der Waals surface area contributed by atoms with Crippen LogP contribution in [0.25, 0.3) is 16.9 Å². The van der Waals surface area contributed by atoms with E-state index in [9.17, 15) is 9.18 Å². The van der Waals surface area contributed by atoms with E-state index in [4.69, 9.17) is 16.3 Å². The maximum Gasteiger partial charge on any atom is 0.272 e. The summed E-state index contributed by atoms with van der Waals surface area (Å²) in [6.07, 6.45) is -0.0908. The van der Waals surface area contributed by atoms with Crippen molar-refractivity contribution in [3.63, 3.8) is 0 Å². The molecule has 1 saturated heterocycles. The number of carbonyl (C=O) groups excluding carboxylic acids is 1. The van der Waals surface area contributed by atoms with E-state index in [1.165, 1.54) is 12.1 Å². The number of rotatable bonds is 3. The summed E-state index contributed by atoms with van der Waals surface area (Å²) in [5, 5.41) is 5.11. The molecule has 3 aromatic rings. The maximum absolute atomic E-state index is 13.4. The Morgan fingerprint density at radius 1 is 1.10 bits per heavy atom. The third kappa shape index (κ3) is 4.04. The van der Waals surface area contributed by atoms with E-state index < -0.39 is 0 Å². The zero-order valence-corrected chi connectivity index (χ0v) is 16.9. The molecule has 1 amide bonds. The fourth-order valence-corrected chi connectivity index (χ4v) is 3.82. The second-order valence-corrected chi connectivity index (χ2v) is 7.66. The topological polar surface area (TPSA) is 47.4 Å². The zero-order chi connectivity index (χ0) is 20.5. The van der Waals surface area contributed by atoms with Crippen molar-refractivity contribution in [2.45, 2.75) is 26.1 Å². The molecule has 0 saturated carbocycles. The van der Waals surface area contributed by atoms with Crippen molar-refractivity contribution < 1.29 is 13.9 Å². The summed E-state index contributed by atoms with van der Waals surface area (Å²) < 4.78 is 20.6. The lowest BCUT2D eigenvalue weighted by atomic mass is 10.1. The number of carbonyl (C=O) groups is 1. The number of morpholine rings is 1. The Bertz CT molecular complexity index is 1020. The number of benzene rings is 2. The van der Waals surface area contributed by atoms with Crippen molar-refractivity contribution in [2.75, 3.05) is 13.1 Å². The van der Waals surface area contributed by atoms with Gasteiger partial charge in [0.1, 0.15) is 11.5 Å². The van der Waals surface area contributed by atoms with Gasteiger partial charge in [0.25, 0.3) is 5.91 Å². The lowest BCUT2D eigenvalue weighted by Crippen LogP contribution is -2.48. The van der Waals surface area contributed by atoms with Crippen molar-refractivity contribution in [2.24, 2.45) is 0 Å². The first-order valence-electron chi connectivity index (χ1n) is 9.48. The Morgan fingerprint density at radius 2 is 1.76 bits per heavy atom. The molecular formula is C22H21ClFN3O2. The molecule has 2 heterocycles. The Hall–Kier alpha value is -2.70. The highest BCUT2D eigenvalue weighted by molar-refractivity contribution is 6.32. The van der Waals surface area contributed by atoms with E-state index >= 15 is 0 Å². The molecule has 0 aliphatic carbocycles. The number of hydrogen-bond donors (Lipinski definition) is 0. The quantitative estimate of drug-likeness (QED) is 0.631. The molecule has 5 nitrogen and oxygen atoms in total. The fourth-order valence-electron chi connectivity index (χ4n) is 3.61. The number of ether oxygens (including phenoxy) is 1. The third-order valence-corrected chi connectivity index (χ3v) is 5.18. The summed E-state index contributed by atoms with van der Waals surface area (Å²) in [4.78, 5) is 15.2. The Balaban J connectivity index is 1.80. The van der Waals surface area contributed by atoms with Crippen LogP contribution in [0.1, 0.15) is 24.3 Å². The second kappa shape index (κ2) is 7.97. The molecule has 7 heteroatoms. The van der Waals surface area contributed by atoms with Crippen molar-refractivity contribution in [3.05, 3.63) is 71.1 Å². The Kier molecular flexibility index (Phi) is 5.39. The van der Waals surface area contributed by atoms with Gasteiger partial charge in [0.05, 0.1) is 28.6 Å². The largest absolute Gasteiger partial charge is 0.372 e. The van der Waals surface area contributed by atoms with Gasteiger partial charge in [-0.05, 0) is 56.3 Å². The first kappa shape index (κ1) is 19.6. The summed E-state index contributed by atoms with van der Waals surface area (Å²) in [6, 6.07) is 15.0. The number of para-hydroxylation sites is 1. The average molecular weight is 414 g/mol. The molecule has 2 unspecified atom stereocenters. The van der Waals surface area contributed by atoms with Gasteiger partial charge < -0.3 is 9.64 Å². The lowest BCUT2D eigenvalue weighted by Gasteiger charge is -2.35. The van der Waals surface area contributed by atoms with Crippen LogP contribution in [0.5, 0.6) is 0 Å². The van der Waals surface area contributed by atoms with Crippen LogP contribution < -0.4 is 0 Å². The van der Waals surface area contributed by atoms with Gasteiger partial charge in [-0.2, -0.15) is 5.10 Å². The van der Waals surface area contributed by atoms with Gasteiger partial charge in [-0.3, -0.25) is 4.79 Å². The second-order valence-electron chi connectivity index (χ2n) is 7.25. The highest BCUT2D eigenvalue weighted by Gasteiger charge is 2.29. The number of hydrogen-bond acceptors (Lipinski definition) is 3. The maximum atomic E-state index is 13.4. The molecule has 1 fully saturated rings. The first-order valence-corrected chi connectivity index (χ1v) is 9.86. The van der Waals surface area contributed by atoms with Crippen LogP contribution in [0.15, 0.2) is 54.6 Å². The van der Waals surface area contributed by atoms with Gasteiger partial charge in [0.2, 0.25) is 0 Å². The molecular weight excluding hydrogens is 393 g/mol. The van der Waals surface area contributed by atoms with Gasteiger partial charge in [-0.15, -0.1) is 0 Å². The fraction of sp³-hybridized carbons (Fsp3) is 0.273. The SMILES string of the molecule is CC1CN(C(=O)c2cc(-c3ccc(F)cc3)nn2-c2ccccc2Cl)CC(C)O1. The van der Waals surface area contributed by atoms with Crippen molar-refractivity contribution >= 4 is 17.5 Å².